The van der Waals surface area contributed by atoms with Crippen LogP contribution in [-0.2, 0) is 0 Å². The molecule has 1 fully saturated rings. The average Bonchev–Trinajstić information content (AvgIpc) is 2.19. The monoisotopic (exact) mass is 201 g/mol. The Morgan fingerprint density at radius 3 is 2.92 bits per heavy atom. The molecule has 2 unspecified atom stereocenters. The maximum Gasteiger partial charge on any atom is 0.0172 e. The van der Waals surface area contributed by atoms with Crippen molar-refractivity contribution in [2.45, 2.75) is 44.8 Å². The third-order valence-corrected chi connectivity index (χ3v) is 4.23. The summed E-state index contributed by atoms with van der Waals surface area (Å²) in [6.45, 7) is 7.02. The van der Waals surface area contributed by atoms with Crippen molar-refractivity contribution < 1.29 is 0 Å². The molecular formula is C11H23NS. The minimum atomic E-state index is 0.841. The van der Waals surface area contributed by atoms with E-state index in [0.717, 1.165) is 11.2 Å². The van der Waals surface area contributed by atoms with Crippen molar-refractivity contribution in [2.75, 3.05) is 18.8 Å². The van der Waals surface area contributed by atoms with E-state index in [1.54, 1.807) is 0 Å². The van der Waals surface area contributed by atoms with Crippen molar-refractivity contribution in [3.63, 3.8) is 0 Å². The zero-order valence-corrected chi connectivity index (χ0v) is 9.83. The van der Waals surface area contributed by atoms with E-state index in [1.807, 2.05) is 0 Å². The van der Waals surface area contributed by atoms with E-state index in [1.165, 1.54) is 44.5 Å². The SMILES string of the molecule is CCC(C)CNCC1CCCCS1. The molecule has 0 spiro atoms. The van der Waals surface area contributed by atoms with Crippen molar-refractivity contribution in [1.29, 1.82) is 0 Å². The summed E-state index contributed by atoms with van der Waals surface area (Å²) in [6.07, 6.45) is 5.61. The van der Waals surface area contributed by atoms with Crippen LogP contribution in [0.3, 0.4) is 0 Å². The highest BCUT2D eigenvalue weighted by atomic mass is 32.2. The van der Waals surface area contributed by atoms with Crippen LogP contribution >= 0.6 is 11.8 Å². The molecule has 13 heavy (non-hydrogen) atoms. The lowest BCUT2D eigenvalue weighted by Gasteiger charge is -2.22. The fraction of sp³-hybridized carbons (Fsp3) is 1.00. The molecule has 0 aliphatic carbocycles. The molecule has 2 heteroatoms. The summed E-state index contributed by atoms with van der Waals surface area (Å²) in [7, 11) is 0. The van der Waals surface area contributed by atoms with E-state index in [0.29, 0.717) is 0 Å². The van der Waals surface area contributed by atoms with Crippen molar-refractivity contribution in [3.8, 4) is 0 Å². The number of rotatable bonds is 5. The summed E-state index contributed by atoms with van der Waals surface area (Å²) in [4.78, 5) is 0. The topological polar surface area (TPSA) is 12.0 Å². The van der Waals surface area contributed by atoms with Gasteiger partial charge in [-0.3, -0.25) is 0 Å². The van der Waals surface area contributed by atoms with Gasteiger partial charge < -0.3 is 5.32 Å². The van der Waals surface area contributed by atoms with Gasteiger partial charge in [-0.15, -0.1) is 0 Å². The maximum absolute atomic E-state index is 3.58. The molecule has 78 valence electrons. The Morgan fingerprint density at radius 1 is 1.46 bits per heavy atom. The van der Waals surface area contributed by atoms with Crippen LogP contribution in [0.5, 0.6) is 0 Å². The van der Waals surface area contributed by atoms with Crippen LogP contribution in [0.1, 0.15) is 39.5 Å². The lowest BCUT2D eigenvalue weighted by molar-refractivity contribution is 0.490. The second kappa shape index (κ2) is 6.72. The molecule has 0 aromatic heterocycles. The largest absolute Gasteiger partial charge is 0.315 e. The molecule has 1 heterocycles. The van der Waals surface area contributed by atoms with Gasteiger partial charge in [0.05, 0.1) is 0 Å². The van der Waals surface area contributed by atoms with Gasteiger partial charge in [-0.05, 0) is 31.1 Å². The summed E-state index contributed by atoms with van der Waals surface area (Å²) < 4.78 is 0. The van der Waals surface area contributed by atoms with Gasteiger partial charge in [-0.25, -0.2) is 0 Å². The van der Waals surface area contributed by atoms with Gasteiger partial charge in [0.25, 0.3) is 0 Å². The van der Waals surface area contributed by atoms with E-state index in [2.05, 4.69) is 30.9 Å². The highest BCUT2D eigenvalue weighted by molar-refractivity contribution is 7.99. The molecule has 0 amide bonds. The standard InChI is InChI=1S/C11H23NS/c1-3-10(2)8-12-9-11-6-4-5-7-13-11/h10-12H,3-9H2,1-2H3. The van der Waals surface area contributed by atoms with Crippen LogP contribution in [0.2, 0.25) is 0 Å². The van der Waals surface area contributed by atoms with Crippen LogP contribution in [0.4, 0.5) is 0 Å². The van der Waals surface area contributed by atoms with E-state index in [4.69, 9.17) is 0 Å². The van der Waals surface area contributed by atoms with Gasteiger partial charge in [0, 0.05) is 11.8 Å². The Kier molecular flexibility index (Phi) is 5.88. The summed E-state index contributed by atoms with van der Waals surface area (Å²) in [6, 6.07) is 0. The molecule has 0 aromatic rings. The van der Waals surface area contributed by atoms with Gasteiger partial charge in [-0.2, -0.15) is 11.8 Å². The first-order chi connectivity index (χ1) is 6.33. The van der Waals surface area contributed by atoms with E-state index >= 15 is 0 Å². The Hall–Kier alpha value is 0.310. The normalized spacial score (nSPS) is 25.8. The highest BCUT2D eigenvalue weighted by Crippen LogP contribution is 2.24. The molecule has 1 saturated heterocycles. The van der Waals surface area contributed by atoms with Crippen LogP contribution < -0.4 is 5.32 Å². The molecule has 1 N–H and O–H groups in total. The van der Waals surface area contributed by atoms with Gasteiger partial charge >= 0.3 is 0 Å². The minimum Gasteiger partial charge on any atom is -0.315 e. The predicted molar refractivity (Wildman–Crippen MR) is 62.4 cm³/mol. The molecule has 1 nitrogen and oxygen atoms in total. The predicted octanol–water partition coefficient (Wildman–Crippen LogP) is 2.91. The summed E-state index contributed by atoms with van der Waals surface area (Å²) >= 11 is 2.16. The number of thioether (sulfide) groups is 1. The summed E-state index contributed by atoms with van der Waals surface area (Å²) in [5.41, 5.74) is 0. The van der Waals surface area contributed by atoms with Crippen molar-refractivity contribution in [2.24, 2.45) is 5.92 Å². The first-order valence-corrected chi connectivity index (χ1v) is 6.70. The minimum absolute atomic E-state index is 0.841. The third kappa shape index (κ3) is 4.92. The average molecular weight is 201 g/mol. The quantitative estimate of drug-likeness (QED) is 0.734. The second-order valence-electron chi connectivity index (χ2n) is 4.16. The van der Waals surface area contributed by atoms with E-state index in [-0.39, 0.29) is 0 Å². The number of nitrogens with one attached hydrogen (secondary N) is 1. The van der Waals surface area contributed by atoms with Gasteiger partial charge in [0.1, 0.15) is 0 Å². The molecule has 0 radical (unpaired) electrons. The van der Waals surface area contributed by atoms with Crippen LogP contribution in [0, 0.1) is 5.92 Å². The molecular weight excluding hydrogens is 178 g/mol. The highest BCUT2D eigenvalue weighted by Gasteiger charge is 2.13. The van der Waals surface area contributed by atoms with Gasteiger partial charge in [-0.1, -0.05) is 26.7 Å². The Balaban J connectivity index is 1.98. The zero-order chi connectivity index (χ0) is 9.52. The molecule has 0 saturated carbocycles. The second-order valence-corrected chi connectivity index (χ2v) is 5.57. The van der Waals surface area contributed by atoms with Gasteiger partial charge in [0.15, 0.2) is 0 Å². The molecule has 1 aliphatic rings. The lowest BCUT2D eigenvalue weighted by Crippen LogP contribution is -2.29. The first-order valence-electron chi connectivity index (χ1n) is 5.65. The fourth-order valence-corrected chi connectivity index (χ4v) is 2.88. The molecule has 0 bridgehead atoms. The van der Waals surface area contributed by atoms with E-state index in [9.17, 15) is 0 Å². The van der Waals surface area contributed by atoms with Crippen LogP contribution in [-0.4, -0.2) is 24.1 Å². The first kappa shape index (κ1) is 11.4. The Morgan fingerprint density at radius 2 is 2.31 bits per heavy atom. The van der Waals surface area contributed by atoms with Crippen molar-refractivity contribution in [3.05, 3.63) is 0 Å². The smallest absolute Gasteiger partial charge is 0.0172 e. The molecule has 1 aliphatic heterocycles. The third-order valence-electron chi connectivity index (χ3n) is 2.84. The maximum atomic E-state index is 3.58. The summed E-state index contributed by atoms with van der Waals surface area (Å²) in [5.74, 6) is 2.23. The lowest BCUT2D eigenvalue weighted by atomic mass is 10.1. The molecule has 0 aromatic carbocycles. The molecule has 2 atom stereocenters. The Labute approximate surface area is 87.1 Å². The number of hydrogen-bond donors (Lipinski definition) is 1. The van der Waals surface area contributed by atoms with Crippen molar-refractivity contribution in [1.82, 2.24) is 5.32 Å². The van der Waals surface area contributed by atoms with Crippen molar-refractivity contribution >= 4 is 11.8 Å². The van der Waals surface area contributed by atoms with Crippen LogP contribution in [0.25, 0.3) is 0 Å². The Bertz CT molecular complexity index is 121. The summed E-state index contributed by atoms with van der Waals surface area (Å²) in [5, 5.41) is 4.49. The van der Waals surface area contributed by atoms with E-state index < -0.39 is 0 Å². The van der Waals surface area contributed by atoms with Gasteiger partial charge in [0.2, 0.25) is 0 Å². The zero-order valence-electron chi connectivity index (χ0n) is 9.01. The molecule has 1 rings (SSSR count). The fourth-order valence-electron chi connectivity index (χ4n) is 1.60. The van der Waals surface area contributed by atoms with Crippen LogP contribution in [0.15, 0.2) is 0 Å². The number of hydrogen-bond acceptors (Lipinski definition) is 2.